The number of carbonyl (C=O) groups excluding carboxylic acids is 1. The molecule has 2 aliphatic heterocycles. The Morgan fingerprint density at radius 1 is 1.36 bits per heavy atom. The van der Waals surface area contributed by atoms with Crippen LogP contribution in [-0.4, -0.2) is 22.9 Å². The molecule has 2 saturated heterocycles. The first-order chi connectivity index (χ1) is 6.83. The van der Waals surface area contributed by atoms with E-state index in [9.17, 15) is 4.79 Å². The highest BCUT2D eigenvalue weighted by Gasteiger charge is 2.37. The van der Waals surface area contributed by atoms with Crippen molar-refractivity contribution in [2.24, 2.45) is 0 Å². The zero-order valence-electron chi connectivity index (χ0n) is 9.17. The van der Waals surface area contributed by atoms with Gasteiger partial charge in [0.1, 0.15) is 0 Å². The molecule has 0 radical (unpaired) electrons. The molecule has 0 aromatic heterocycles. The number of hydrogen-bond acceptors (Lipinski definition) is 1. The molecular formula is C12H21NO. The predicted octanol–water partition coefficient (Wildman–Crippen LogP) is 2.72. The second-order valence-electron chi connectivity index (χ2n) is 4.72. The highest BCUT2D eigenvalue weighted by Crippen LogP contribution is 2.34. The van der Waals surface area contributed by atoms with Crippen molar-refractivity contribution in [1.29, 1.82) is 0 Å². The van der Waals surface area contributed by atoms with Gasteiger partial charge in [-0.05, 0) is 32.1 Å². The fourth-order valence-corrected chi connectivity index (χ4v) is 2.99. The van der Waals surface area contributed by atoms with Crippen molar-refractivity contribution in [2.45, 2.75) is 70.4 Å². The van der Waals surface area contributed by atoms with E-state index in [0.717, 1.165) is 12.8 Å². The van der Waals surface area contributed by atoms with E-state index in [-0.39, 0.29) is 0 Å². The summed E-state index contributed by atoms with van der Waals surface area (Å²) >= 11 is 0. The van der Waals surface area contributed by atoms with E-state index in [1.54, 1.807) is 0 Å². The second-order valence-corrected chi connectivity index (χ2v) is 4.72. The lowest BCUT2D eigenvalue weighted by Crippen LogP contribution is -2.43. The third-order valence-corrected chi connectivity index (χ3v) is 3.73. The Labute approximate surface area is 86.7 Å². The van der Waals surface area contributed by atoms with E-state index >= 15 is 0 Å². The number of rotatable bonds is 3. The van der Waals surface area contributed by atoms with E-state index in [1.807, 2.05) is 0 Å². The van der Waals surface area contributed by atoms with Crippen LogP contribution in [0.1, 0.15) is 58.3 Å². The number of amides is 1. The molecule has 2 rings (SSSR count). The lowest BCUT2D eigenvalue weighted by atomic mass is 10.0. The van der Waals surface area contributed by atoms with Gasteiger partial charge in [0, 0.05) is 18.5 Å². The molecule has 14 heavy (non-hydrogen) atoms. The molecule has 0 spiro atoms. The summed E-state index contributed by atoms with van der Waals surface area (Å²) in [6.45, 7) is 2.23. The van der Waals surface area contributed by atoms with Crippen molar-refractivity contribution in [2.75, 3.05) is 0 Å². The second kappa shape index (κ2) is 4.33. The van der Waals surface area contributed by atoms with Crippen LogP contribution in [0.2, 0.25) is 0 Å². The van der Waals surface area contributed by atoms with Gasteiger partial charge in [-0.2, -0.15) is 0 Å². The fourth-order valence-electron chi connectivity index (χ4n) is 2.99. The number of nitrogens with zero attached hydrogens (tertiary/aromatic N) is 1. The minimum atomic E-state index is 0.430. The van der Waals surface area contributed by atoms with Crippen molar-refractivity contribution in [3.8, 4) is 0 Å². The number of hydrogen-bond donors (Lipinski definition) is 0. The molecule has 2 heterocycles. The largest absolute Gasteiger partial charge is 0.337 e. The van der Waals surface area contributed by atoms with Gasteiger partial charge in [-0.25, -0.2) is 0 Å². The van der Waals surface area contributed by atoms with Crippen molar-refractivity contribution in [3.05, 3.63) is 0 Å². The quantitative estimate of drug-likeness (QED) is 0.678. The Hall–Kier alpha value is -0.530. The van der Waals surface area contributed by atoms with Gasteiger partial charge in [0.25, 0.3) is 0 Å². The standard InChI is InChI=1S/C12H21NO/c1-2-3-5-10-8-9-11-6-4-7-12(14)13(10)11/h10-11H,2-9H2,1H3/t10-,11+/m0/s1. The summed E-state index contributed by atoms with van der Waals surface area (Å²) in [6.07, 6.45) is 9.48. The maximum atomic E-state index is 11.8. The Balaban J connectivity index is 1.96. The Morgan fingerprint density at radius 3 is 3.00 bits per heavy atom. The maximum Gasteiger partial charge on any atom is 0.223 e. The minimum Gasteiger partial charge on any atom is -0.337 e. The van der Waals surface area contributed by atoms with Crippen LogP contribution >= 0.6 is 0 Å². The van der Waals surface area contributed by atoms with Crippen LogP contribution in [0, 0.1) is 0 Å². The topological polar surface area (TPSA) is 20.3 Å². The number of fused-ring (bicyclic) bond motifs is 1. The lowest BCUT2D eigenvalue weighted by molar-refractivity contribution is -0.136. The minimum absolute atomic E-state index is 0.430. The lowest BCUT2D eigenvalue weighted by Gasteiger charge is -2.34. The molecule has 0 aliphatic carbocycles. The van der Waals surface area contributed by atoms with Gasteiger partial charge in [0.15, 0.2) is 0 Å². The summed E-state index contributed by atoms with van der Waals surface area (Å²) in [5, 5.41) is 0. The van der Waals surface area contributed by atoms with Crippen LogP contribution in [0.4, 0.5) is 0 Å². The molecule has 2 nitrogen and oxygen atoms in total. The van der Waals surface area contributed by atoms with Crippen molar-refractivity contribution >= 4 is 5.91 Å². The molecular weight excluding hydrogens is 174 g/mol. The van der Waals surface area contributed by atoms with Crippen molar-refractivity contribution in [1.82, 2.24) is 4.90 Å². The Kier molecular flexibility index (Phi) is 3.09. The molecule has 2 atom stereocenters. The van der Waals surface area contributed by atoms with Crippen molar-refractivity contribution < 1.29 is 4.79 Å². The number of unbranched alkanes of at least 4 members (excludes halogenated alkanes) is 1. The monoisotopic (exact) mass is 195 g/mol. The Bertz CT molecular complexity index is 214. The molecule has 0 unspecified atom stereocenters. The summed E-state index contributed by atoms with van der Waals surface area (Å²) in [4.78, 5) is 14.0. The summed E-state index contributed by atoms with van der Waals surface area (Å²) in [6, 6.07) is 1.20. The molecule has 2 aliphatic rings. The van der Waals surface area contributed by atoms with Crippen LogP contribution in [0.5, 0.6) is 0 Å². The van der Waals surface area contributed by atoms with Gasteiger partial charge in [-0.3, -0.25) is 4.79 Å². The molecule has 80 valence electrons. The number of piperidine rings is 1. The van der Waals surface area contributed by atoms with Gasteiger partial charge in [-0.15, -0.1) is 0 Å². The highest BCUT2D eigenvalue weighted by atomic mass is 16.2. The van der Waals surface area contributed by atoms with E-state index < -0.39 is 0 Å². The van der Waals surface area contributed by atoms with Gasteiger partial charge >= 0.3 is 0 Å². The van der Waals surface area contributed by atoms with Crippen LogP contribution < -0.4 is 0 Å². The molecule has 0 N–H and O–H groups in total. The van der Waals surface area contributed by atoms with E-state index in [4.69, 9.17) is 0 Å². The normalized spacial score (nSPS) is 32.1. The van der Waals surface area contributed by atoms with Crippen LogP contribution in [0.25, 0.3) is 0 Å². The van der Waals surface area contributed by atoms with Crippen molar-refractivity contribution in [3.63, 3.8) is 0 Å². The van der Waals surface area contributed by atoms with Crippen LogP contribution in [-0.2, 0) is 4.79 Å². The summed E-state index contributed by atoms with van der Waals surface area (Å²) in [5.74, 6) is 0.430. The van der Waals surface area contributed by atoms with Gasteiger partial charge in [0.2, 0.25) is 5.91 Å². The molecule has 2 fully saturated rings. The maximum absolute atomic E-state index is 11.8. The summed E-state index contributed by atoms with van der Waals surface area (Å²) in [5.41, 5.74) is 0. The first-order valence-electron chi connectivity index (χ1n) is 6.14. The summed E-state index contributed by atoms with van der Waals surface area (Å²) < 4.78 is 0. The SMILES string of the molecule is CCCC[C@H]1CC[C@H]2CCCC(=O)N21. The Morgan fingerprint density at radius 2 is 2.21 bits per heavy atom. The van der Waals surface area contributed by atoms with Gasteiger partial charge < -0.3 is 4.90 Å². The molecule has 0 aromatic rings. The molecule has 0 aromatic carbocycles. The predicted molar refractivity (Wildman–Crippen MR) is 57.0 cm³/mol. The molecule has 1 amide bonds. The highest BCUT2D eigenvalue weighted by molar-refractivity contribution is 5.78. The number of carbonyl (C=O) groups is 1. The molecule has 0 saturated carbocycles. The first-order valence-corrected chi connectivity index (χ1v) is 6.14. The zero-order valence-corrected chi connectivity index (χ0v) is 9.17. The zero-order chi connectivity index (χ0) is 9.97. The smallest absolute Gasteiger partial charge is 0.223 e. The summed E-state index contributed by atoms with van der Waals surface area (Å²) in [7, 11) is 0. The van der Waals surface area contributed by atoms with Gasteiger partial charge in [-0.1, -0.05) is 19.8 Å². The third-order valence-electron chi connectivity index (χ3n) is 3.73. The van der Waals surface area contributed by atoms with Crippen LogP contribution in [0.3, 0.4) is 0 Å². The average molecular weight is 195 g/mol. The molecule has 2 heteroatoms. The van der Waals surface area contributed by atoms with E-state index in [1.165, 1.54) is 38.5 Å². The average Bonchev–Trinajstić information content (AvgIpc) is 2.59. The fraction of sp³-hybridized carbons (Fsp3) is 0.917. The third kappa shape index (κ3) is 1.79. The first kappa shape index (κ1) is 10.0. The van der Waals surface area contributed by atoms with E-state index in [2.05, 4.69) is 11.8 Å². The van der Waals surface area contributed by atoms with E-state index in [0.29, 0.717) is 18.0 Å². The van der Waals surface area contributed by atoms with Crippen LogP contribution in [0.15, 0.2) is 0 Å². The van der Waals surface area contributed by atoms with Gasteiger partial charge in [0.05, 0.1) is 0 Å². The molecule has 0 bridgehead atoms.